The minimum Gasteiger partial charge on any atom is -0.386 e. The number of hydrogen-bond acceptors (Lipinski definition) is 1. The van der Waals surface area contributed by atoms with E-state index in [0.717, 1.165) is 18.3 Å². The van der Waals surface area contributed by atoms with Gasteiger partial charge in [0.1, 0.15) is 0 Å². The van der Waals surface area contributed by atoms with Crippen molar-refractivity contribution >= 4 is 0 Å². The van der Waals surface area contributed by atoms with Gasteiger partial charge >= 0.3 is 0 Å². The Morgan fingerprint density at radius 2 is 1.79 bits per heavy atom. The minimum atomic E-state index is -0.649. The fraction of sp³-hybridized carbons (Fsp3) is 0.846. The zero-order valence-electron chi connectivity index (χ0n) is 10.4. The minimum absolute atomic E-state index is 0.649. The van der Waals surface area contributed by atoms with Gasteiger partial charge in [0.25, 0.3) is 0 Å². The molecule has 0 aliphatic heterocycles. The molecule has 1 N–H and O–H groups in total. The summed E-state index contributed by atoms with van der Waals surface area (Å²) >= 11 is 0. The van der Waals surface area contributed by atoms with Crippen molar-refractivity contribution in [1.29, 1.82) is 0 Å². The Morgan fingerprint density at radius 1 is 1.21 bits per heavy atom. The monoisotopic (exact) mass is 198 g/mol. The van der Waals surface area contributed by atoms with Crippen LogP contribution in [0, 0.1) is 11.8 Å². The molecule has 14 heavy (non-hydrogen) atoms. The van der Waals surface area contributed by atoms with Crippen molar-refractivity contribution in [3.05, 3.63) is 12.2 Å². The van der Waals surface area contributed by atoms with Crippen LogP contribution in [0.4, 0.5) is 0 Å². The van der Waals surface area contributed by atoms with Gasteiger partial charge in [-0.15, -0.1) is 0 Å². The van der Waals surface area contributed by atoms with Crippen LogP contribution in [0.25, 0.3) is 0 Å². The molecule has 0 bridgehead atoms. The molecule has 0 spiro atoms. The van der Waals surface area contributed by atoms with Crippen molar-refractivity contribution in [2.75, 3.05) is 0 Å². The van der Waals surface area contributed by atoms with E-state index in [1.54, 1.807) is 13.8 Å². The summed E-state index contributed by atoms with van der Waals surface area (Å²) in [5.74, 6) is 1.60. The van der Waals surface area contributed by atoms with Gasteiger partial charge in [0, 0.05) is 0 Å². The van der Waals surface area contributed by atoms with Crippen molar-refractivity contribution in [1.82, 2.24) is 0 Å². The lowest BCUT2D eigenvalue weighted by atomic mass is 9.92. The lowest BCUT2D eigenvalue weighted by molar-refractivity contribution is 0.133. The van der Waals surface area contributed by atoms with Crippen molar-refractivity contribution in [2.45, 2.75) is 59.5 Å². The molecule has 0 aliphatic rings. The van der Waals surface area contributed by atoms with E-state index in [-0.39, 0.29) is 0 Å². The van der Waals surface area contributed by atoms with E-state index < -0.39 is 5.60 Å². The first-order valence-corrected chi connectivity index (χ1v) is 5.73. The molecule has 0 fully saturated rings. The molecular formula is C13H26O. The molecule has 0 radical (unpaired) electrons. The van der Waals surface area contributed by atoms with Crippen LogP contribution < -0.4 is 0 Å². The Labute approximate surface area is 89.2 Å². The summed E-state index contributed by atoms with van der Waals surface area (Å²) in [6.45, 7) is 10.5. The Morgan fingerprint density at radius 3 is 2.21 bits per heavy atom. The quantitative estimate of drug-likeness (QED) is 0.509. The molecule has 0 aromatic rings. The number of allylic oxidation sites excluding steroid dienone is 1. The third-order valence-electron chi connectivity index (χ3n) is 2.69. The van der Waals surface area contributed by atoms with Crippen molar-refractivity contribution in [3.8, 4) is 0 Å². The Bertz CT molecular complexity index is 163. The van der Waals surface area contributed by atoms with Crippen LogP contribution in [0.5, 0.6) is 0 Å². The standard InChI is InChI=1S/C13H26O/c1-11(2)12(3)9-7-6-8-10-13(4,5)14/h8,10-12,14H,6-7,9H2,1-5H3. The average Bonchev–Trinajstić information content (AvgIpc) is 2.01. The van der Waals surface area contributed by atoms with Gasteiger partial charge in [-0.2, -0.15) is 0 Å². The third kappa shape index (κ3) is 8.31. The van der Waals surface area contributed by atoms with E-state index in [1.165, 1.54) is 12.8 Å². The van der Waals surface area contributed by atoms with Gasteiger partial charge in [-0.1, -0.05) is 39.3 Å². The summed E-state index contributed by atoms with van der Waals surface area (Å²) in [5.41, 5.74) is -0.649. The summed E-state index contributed by atoms with van der Waals surface area (Å²) in [6, 6.07) is 0. The molecule has 0 aliphatic carbocycles. The predicted molar refractivity (Wildman–Crippen MR) is 63.3 cm³/mol. The van der Waals surface area contributed by atoms with Crippen molar-refractivity contribution < 1.29 is 5.11 Å². The number of rotatable bonds is 6. The highest BCUT2D eigenvalue weighted by Crippen LogP contribution is 2.17. The second kappa shape index (κ2) is 6.23. The van der Waals surface area contributed by atoms with Gasteiger partial charge in [-0.05, 0) is 38.5 Å². The van der Waals surface area contributed by atoms with E-state index in [2.05, 4.69) is 26.8 Å². The molecule has 0 saturated carbocycles. The molecule has 0 saturated heterocycles. The zero-order chi connectivity index (χ0) is 11.2. The molecule has 0 rings (SSSR count). The van der Waals surface area contributed by atoms with Crippen LogP contribution in [0.1, 0.15) is 53.9 Å². The summed E-state index contributed by atoms with van der Waals surface area (Å²) < 4.78 is 0. The molecule has 1 unspecified atom stereocenters. The van der Waals surface area contributed by atoms with Crippen LogP contribution in [-0.4, -0.2) is 10.7 Å². The Hall–Kier alpha value is -0.300. The topological polar surface area (TPSA) is 20.2 Å². The number of hydrogen-bond donors (Lipinski definition) is 1. The number of aliphatic hydroxyl groups is 1. The maximum Gasteiger partial charge on any atom is 0.0771 e. The molecule has 0 heterocycles. The molecule has 0 aromatic heterocycles. The van der Waals surface area contributed by atoms with Crippen LogP contribution in [0.3, 0.4) is 0 Å². The van der Waals surface area contributed by atoms with Crippen LogP contribution in [-0.2, 0) is 0 Å². The SMILES string of the molecule is CC(C)C(C)CCCC=CC(C)(C)O. The van der Waals surface area contributed by atoms with Gasteiger partial charge in [-0.25, -0.2) is 0 Å². The van der Waals surface area contributed by atoms with Crippen molar-refractivity contribution in [3.63, 3.8) is 0 Å². The maximum atomic E-state index is 9.43. The highest BCUT2D eigenvalue weighted by atomic mass is 16.3. The first kappa shape index (κ1) is 13.7. The lowest BCUT2D eigenvalue weighted by Gasteiger charge is -2.14. The normalized spacial score (nSPS) is 15.4. The van der Waals surface area contributed by atoms with Gasteiger partial charge < -0.3 is 5.11 Å². The molecule has 1 heteroatoms. The maximum absolute atomic E-state index is 9.43. The van der Waals surface area contributed by atoms with E-state index in [4.69, 9.17) is 0 Å². The molecule has 0 aromatic carbocycles. The second-order valence-corrected chi connectivity index (χ2v) is 5.21. The summed E-state index contributed by atoms with van der Waals surface area (Å²) in [7, 11) is 0. The molecule has 1 atom stereocenters. The van der Waals surface area contributed by atoms with E-state index in [0.29, 0.717) is 0 Å². The Balaban J connectivity index is 3.52. The predicted octanol–water partition coefficient (Wildman–Crippen LogP) is 3.78. The zero-order valence-corrected chi connectivity index (χ0v) is 10.4. The summed E-state index contributed by atoms with van der Waals surface area (Å²) in [5, 5.41) is 9.43. The lowest BCUT2D eigenvalue weighted by Crippen LogP contribution is -2.13. The molecule has 0 amide bonds. The van der Waals surface area contributed by atoms with E-state index in [1.807, 2.05) is 6.08 Å². The molecular weight excluding hydrogens is 172 g/mol. The average molecular weight is 198 g/mol. The second-order valence-electron chi connectivity index (χ2n) is 5.21. The Kier molecular flexibility index (Phi) is 6.10. The highest BCUT2D eigenvalue weighted by Gasteiger charge is 2.07. The van der Waals surface area contributed by atoms with Gasteiger partial charge in [0.15, 0.2) is 0 Å². The summed E-state index contributed by atoms with van der Waals surface area (Å²) in [6.07, 6.45) is 7.57. The van der Waals surface area contributed by atoms with Crippen LogP contribution in [0.15, 0.2) is 12.2 Å². The van der Waals surface area contributed by atoms with Gasteiger partial charge in [0.2, 0.25) is 0 Å². The van der Waals surface area contributed by atoms with Gasteiger partial charge in [-0.3, -0.25) is 0 Å². The van der Waals surface area contributed by atoms with Crippen LogP contribution in [0.2, 0.25) is 0 Å². The first-order valence-electron chi connectivity index (χ1n) is 5.73. The number of unbranched alkanes of at least 4 members (excludes halogenated alkanes) is 1. The summed E-state index contributed by atoms with van der Waals surface area (Å²) in [4.78, 5) is 0. The highest BCUT2D eigenvalue weighted by molar-refractivity contribution is 4.94. The largest absolute Gasteiger partial charge is 0.386 e. The smallest absolute Gasteiger partial charge is 0.0771 e. The van der Waals surface area contributed by atoms with Crippen LogP contribution >= 0.6 is 0 Å². The fourth-order valence-corrected chi connectivity index (χ4v) is 1.26. The first-order chi connectivity index (χ1) is 6.33. The molecule has 84 valence electrons. The van der Waals surface area contributed by atoms with Gasteiger partial charge in [0.05, 0.1) is 5.60 Å². The van der Waals surface area contributed by atoms with E-state index in [9.17, 15) is 5.11 Å². The fourth-order valence-electron chi connectivity index (χ4n) is 1.26. The third-order valence-corrected chi connectivity index (χ3v) is 2.69. The van der Waals surface area contributed by atoms with E-state index >= 15 is 0 Å². The van der Waals surface area contributed by atoms with Crippen molar-refractivity contribution in [2.24, 2.45) is 11.8 Å². The molecule has 1 nitrogen and oxygen atoms in total.